The molecule has 17 heavy (non-hydrogen) atoms. The number of aromatic nitrogens is 2. The third-order valence-corrected chi connectivity index (χ3v) is 2.90. The van der Waals surface area contributed by atoms with E-state index in [2.05, 4.69) is 11.0 Å². The maximum Gasteiger partial charge on any atom is 0.138 e. The molecule has 1 heterocycles. The average Bonchev–Trinajstić information content (AvgIpc) is 2.65. The summed E-state index contributed by atoms with van der Waals surface area (Å²) in [6.45, 7) is 1.85. The fourth-order valence-electron chi connectivity index (χ4n) is 1.69. The fraction of sp³-hybridized carbons (Fsp3) is 0.154. The van der Waals surface area contributed by atoms with Crippen LogP contribution in [-0.2, 0) is 0 Å². The summed E-state index contributed by atoms with van der Waals surface area (Å²) >= 11 is 6.26. The van der Waals surface area contributed by atoms with Crippen LogP contribution < -0.4 is 5.73 Å². The topological polar surface area (TPSA) is 43.8 Å². The second-order valence-electron chi connectivity index (χ2n) is 3.68. The van der Waals surface area contributed by atoms with E-state index in [0.717, 1.165) is 11.4 Å². The van der Waals surface area contributed by atoms with Crippen LogP contribution >= 0.6 is 11.6 Å². The van der Waals surface area contributed by atoms with Gasteiger partial charge in [-0.25, -0.2) is 4.68 Å². The van der Waals surface area contributed by atoms with Gasteiger partial charge in [-0.2, -0.15) is 5.10 Å². The Bertz CT molecular complexity index is 566. The van der Waals surface area contributed by atoms with Crippen molar-refractivity contribution in [2.24, 2.45) is 5.73 Å². The number of rotatable bonds is 2. The first-order valence-corrected chi connectivity index (χ1v) is 5.55. The highest BCUT2D eigenvalue weighted by atomic mass is 35.5. The quantitative estimate of drug-likeness (QED) is 0.826. The molecule has 0 aliphatic carbocycles. The lowest BCUT2D eigenvalue weighted by molar-refractivity contribution is 0.863. The van der Waals surface area contributed by atoms with Crippen LogP contribution in [0.15, 0.2) is 30.3 Å². The summed E-state index contributed by atoms with van der Waals surface area (Å²) in [6.07, 6.45) is 5.32. The molecule has 2 aromatic rings. The predicted octanol–water partition coefficient (Wildman–Crippen LogP) is 2.47. The molecule has 0 bridgehead atoms. The van der Waals surface area contributed by atoms with Crippen molar-refractivity contribution in [1.82, 2.24) is 9.78 Å². The molecule has 86 valence electrons. The molecule has 4 heteroatoms. The van der Waals surface area contributed by atoms with Crippen molar-refractivity contribution < 1.29 is 0 Å². The lowest BCUT2D eigenvalue weighted by atomic mass is 10.1. The number of para-hydroxylation sites is 1. The largest absolute Gasteiger partial charge is 0.314 e. The van der Waals surface area contributed by atoms with Crippen LogP contribution in [0.5, 0.6) is 0 Å². The Labute approximate surface area is 105 Å². The average molecular weight is 246 g/mol. The summed E-state index contributed by atoms with van der Waals surface area (Å²) in [4.78, 5) is 0. The van der Waals surface area contributed by atoms with Gasteiger partial charge < -0.3 is 5.73 Å². The van der Waals surface area contributed by atoms with E-state index in [1.807, 2.05) is 37.3 Å². The molecule has 0 amide bonds. The number of halogens is 1. The molecule has 0 aliphatic rings. The van der Waals surface area contributed by atoms with Crippen molar-refractivity contribution in [2.45, 2.75) is 13.0 Å². The normalized spacial score (nSPS) is 12.1. The van der Waals surface area contributed by atoms with Crippen molar-refractivity contribution in [3.8, 4) is 18.0 Å². The number of nitrogens with two attached hydrogens (primary N) is 1. The second kappa shape index (κ2) is 4.62. The Balaban J connectivity index is 2.57. The molecule has 3 nitrogen and oxygen atoms in total. The van der Waals surface area contributed by atoms with Crippen molar-refractivity contribution in [1.29, 1.82) is 0 Å². The summed E-state index contributed by atoms with van der Waals surface area (Å²) in [6, 6.07) is 9.09. The number of hydrogen-bond acceptors (Lipinski definition) is 2. The molecular formula is C13H12ClN3. The van der Waals surface area contributed by atoms with Crippen LogP contribution in [-0.4, -0.2) is 9.78 Å². The lowest BCUT2D eigenvalue weighted by Gasteiger charge is -2.05. The highest BCUT2D eigenvalue weighted by Crippen LogP contribution is 2.27. The molecule has 2 N–H and O–H groups in total. The molecule has 0 spiro atoms. The van der Waals surface area contributed by atoms with Gasteiger partial charge in [0, 0.05) is 5.56 Å². The Hall–Kier alpha value is -1.76. The van der Waals surface area contributed by atoms with Crippen LogP contribution in [0.25, 0.3) is 5.69 Å². The lowest BCUT2D eigenvalue weighted by Crippen LogP contribution is -2.08. The van der Waals surface area contributed by atoms with Gasteiger partial charge in [0.05, 0.1) is 17.4 Å². The smallest absolute Gasteiger partial charge is 0.138 e. The van der Waals surface area contributed by atoms with E-state index >= 15 is 0 Å². The molecule has 2 rings (SSSR count). The summed E-state index contributed by atoms with van der Waals surface area (Å²) < 4.78 is 1.64. The van der Waals surface area contributed by atoms with E-state index in [1.165, 1.54) is 0 Å². The van der Waals surface area contributed by atoms with Crippen molar-refractivity contribution in [2.75, 3.05) is 0 Å². The van der Waals surface area contributed by atoms with Gasteiger partial charge in [0.15, 0.2) is 0 Å². The number of benzene rings is 1. The molecule has 0 radical (unpaired) electrons. The number of aryl methyl sites for hydroxylation is 1. The van der Waals surface area contributed by atoms with Gasteiger partial charge in [0.1, 0.15) is 5.15 Å². The van der Waals surface area contributed by atoms with Crippen molar-refractivity contribution in [3.05, 3.63) is 46.7 Å². The summed E-state index contributed by atoms with van der Waals surface area (Å²) in [5.74, 6) is 2.47. The van der Waals surface area contributed by atoms with Crippen LogP contribution in [0.1, 0.15) is 17.3 Å². The Kier molecular flexibility index (Phi) is 3.19. The Morgan fingerprint density at radius 3 is 2.65 bits per heavy atom. The molecule has 1 aromatic heterocycles. The van der Waals surface area contributed by atoms with Gasteiger partial charge >= 0.3 is 0 Å². The van der Waals surface area contributed by atoms with Crippen molar-refractivity contribution >= 4 is 11.6 Å². The SMILES string of the molecule is C#C[C@@H](N)c1c(C)nn(-c2ccccc2)c1Cl. The molecule has 1 atom stereocenters. The highest BCUT2D eigenvalue weighted by Gasteiger charge is 2.18. The zero-order valence-corrected chi connectivity index (χ0v) is 10.1. The summed E-state index contributed by atoms with van der Waals surface area (Å²) in [5.41, 5.74) is 8.16. The Morgan fingerprint density at radius 1 is 1.41 bits per heavy atom. The third kappa shape index (κ3) is 2.05. The maximum atomic E-state index is 6.26. The predicted molar refractivity (Wildman–Crippen MR) is 69.1 cm³/mol. The van der Waals surface area contributed by atoms with Crippen LogP contribution in [0.3, 0.4) is 0 Å². The standard InChI is InChI=1S/C13H12ClN3/c1-3-11(15)12-9(2)16-17(13(12)14)10-7-5-4-6-8-10/h1,4-8,11H,15H2,2H3/t11-/m1/s1. The fourth-order valence-corrected chi connectivity index (χ4v) is 2.08. The van der Waals surface area contributed by atoms with Gasteiger partial charge in [-0.3, -0.25) is 0 Å². The van der Waals surface area contributed by atoms with Crippen LogP contribution in [0, 0.1) is 19.3 Å². The van der Waals surface area contributed by atoms with Crippen LogP contribution in [0.4, 0.5) is 0 Å². The minimum Gasteiger partial charge on any atom is -0.314 e. The molecule has 0 fully saturated rings. The van der Waals surface area contributed by atoms with E-state index in [9.17, 15) is 0 Å². The molecule has 0 saturated carbocycles. The monoisotopic (exact) mass is 245 g/mol. The van der Waals surface area contributed by atoms with Gasteiger partial charge in [-0.15, -0.1) is 6.42 Å². The number of terminal acetylenes is 1. The van der Waals surface area contributed by atoms with E-state index in [1.54, 1.807) is 4.68 Å². The molecule has 1 aromatic carbocycles. The van der Waals surface area contributed by atoms with Gasteiger partial charge in [0.25, 0.3) is 0 Å². The van der Waals surface area contributed by atoms with E-state index in [-0.39, 0.29) is 0 Å². The van der Waals surface area contributed by atoms with Gasteiger partial charge in [-0.1, -0.05) is 35.7 Å². The summed E-state index contributed by atoms with van der Waals surface area (Å²) in [5, 5.41) is 4.83. The van der Waals surface area contributed by atoms with Crippen molar-refractivity contribution in [3.63, 3.8) is 0 Å². The first kappa shape index (κ1) is 11.7. The maximum absolute atomic E-state index is 6.26. The zero-order chi connectivity index (χ0) is 12.4. The number of nitrogens with zero attached hydrogens (tertiary/aromatic N) is 2. The molecule has 0 saturated heterocycles. The second-order valence-corrected chi connectivity index (χ2v) is 4.04. The number of hydrogen-bond donors (Lipinski definition) is 1. The van der Waals surface area contributed by atoms with Crippen LogP contribution in [0.2, 0.25) is 5.15 Å². The first-order valence-electron chi connectivity index (χ1n) is 5.17. The van der Waals surface area contributed by atoms with Gasteiger partial charge in [0.2, 0.25) is 0 Å². The highest BCUT2D eigenvalue weighted by molar-refractivity contribution is 6.30. The van der Waals surface area contributed by atoms with E-state index in [4.69, 9.17) is 23.8 Å². The summed E-state index contributed by atoms with van der Waals surface area (Å²) in [7, 11) is 0. The minimum atomic E-state index is -0.528. The molecule has 0 aliphatic heterocycles. The zero-order valence-electron chi connectivity index (χ0n) is 9.39. The third-order valence-electron chi connectivity index (χ3n) is 2.54. The minimum absolute atomic E-state index is 0.471. The first-order chi connectivity index (χ1) is 8.15. The van der Waals surface area contributed by atoms with E-state index in [0.29, 0.717) is 10.7 Å². The Morgan fingerprint density at radius 2 is 2.06 bits per heavy atom. The molecular weight excluding hydrogens is 234 g/mol. The van der Waals surface area contributed by atoms with E-state index < -0.39 is 6.04 Å². The molecule has 0 unspecified atom stereocenters. The van der Waals surface area contributed by atoms with Gasteiger partial charge in [-0.05, 0) is 19.1 Å².